The molecule has 0 aliphatic heterocycles. The molecule has 1 aliphatic rings. The van der Waals surface area contributed by atoms with Gasteiger partial charge >= 0.3 is 0 Å². The Morgan fingerprint density at radius 1 is 1.00 bits per heavy atom. The monoisotopic (exact) mass is 185 g/mol. The number of hydrogen-bond donors (Lipinski definition) is 0. The van der Waals surface area contributed by atoms with Crippen molar-refractivity contribution >= 4 is 23.2 Å². The largest absolute Gasteiger partial charge is 0.136 e. The first-order valence-corrected chi connectivity index (χ1v) is 4.38. The fourth-order valence-electron chi connectivity index (χ4n) is 1.15. The summed E-state index contributed by atoms with van der Waals surface area (Å²) in [6.45, 7) is 0. The van der Waals surface area contributed by atoms with Crippen LogP contribution in [0.1, 0.15) is 5.56 Å². The van der Waals surface area contributed by atoms with Gasteiger partial charge in [-0.3, -0.25) is 0 Å². The molecule has 0 N–H and O–H groups in total. The summed E-state index contributed by atoms with van der Waals surface area (Å²) in [4.78, 5) is 0. The topological polar surface area (TPSA) is 0 Å². The molecule has 1 aliphatic carbocycles. The van der Waals surface area contributed by atoms with Gasteiger partial charge in [-0.1, -0.05) is 23.2 Å². The zero-order chi connectivity index (χ0) is 7.84. The van der Waals surface area contributed by atoms with Gasteiger partial charge in [0.2, 0.25) is 0 Å². The van der Waals surface area contributed by atoms with Crippen molar-refractivity contribution in [3.63, 3.8) is 0 Å². The minimum atomic E-state index is 0.0547. The molecular formula is C9H7Cl2+. The van der Waals surface area contributed by atoms with E-state index in [1.165, 1.54) is 5.56 Å². The van der Waals surface area contributed by atoms with Crippen molar-refractivity contribution in [1.82, 2.24) is 0 Å². The molecule has 1 aromatic rings. The molecule has 11 heavy (non-hydrogen) atoms. The van der Waals surface area contributed by atoms with Crippen molar-refractivity contribution in [2.45, 2.75) is 10.8 Å². The predicted molar refractivity (Wildman–Crippen MR) is 48.1 cm³/mol. The molecule has 2 heteroatoms. The van der Waals surface area contributed by atoms with Crippen LogP contribution in [-0.2, 0) is 0 Å². The van der Waals surface area contributed by atoms with Crippen molar-refractivity contribution in [2.75, 3.05) is 0 Å². The molecule has 0 heterocycles. The maximum absolute atomic E-state index is 5.87. The third-order valence-electron chi connectivity index (χ3n) is 1.85. The summed E-state index contributed by atoms with van der Waals surface area (Å²) in [5, 5.41) is 0.109. The minimum Gasteiger partial charge on any atom is -0.0992 e. The van der Waals surface area contributed by atoms with Crippen LogP contribution in [0.4, 0.5) is 0 Å². The Labute approximate surface area is 76.1 Å². The van der Waals surface area contributed by atoms with Crippen LogP contribution < -0.4 is 0 Å². The Balaban J connectivity index is 2.20. The first-order valence-electron chi connectivity index (χ1n) is 3.51. The Morgan fingerprint density at radius 3 is 2.00 bits per heavy atom. The summed E-state index contributed by atoms with van der Waals surface area (Å²) >= 11 is 11.7. The van der Waals surface area contributed by atoms with Crippen molar-refractivity contribution in [3.8, 4) is 0 Å². The molecule has 0 spiro atoms. The van der Waals surface area contributed by atoms with E-state index >= 15 is 0 Å². The molecule has 1 fully saturated rings. The van der Waals surface area contributed by atoms with Gasteiger partial charge in [0.15, 0.2) is 0 Å². The Hall–Kier alpha value is -0.330. The molecule has 1 saturated carbocycles. The normalized spacial score (nSPS) is 28.7. The second-order valence-corrected chi connectivity index (χ2v) is 3.57. The Kier molecular flexibility index (Phi) is 1.74. The summed E-state index contributed by atoms with van der Waals surface area (Å²) in [5.74, 6) is 1.16. The van der Waals surface area contributed by atoms with Crippen LogP contribution >= 0.6 is 23.2 Å². The number of hydrogen-bond acceptors (Lipinski definition) is 0. The first-order chi connectivity index (χ1) is 5.30. The highest BCUT2D eigenvalue weighted by atomic mass is 35.5. The number of halogens is 2. The van der Waals surface area contributed by atoms with Crippen LogP contribution in [0, 0.1) is 5.92 Å². The second kappa shape index (κ2) is 2.62. The second-order valence-electron chi connectivity index (χ2n) is 2.62. The van der Waals surface area contributed by atoms with Gasteiger partial charge in [-0.05, 0) is 18.2 Å². The molecule has 0 nitrogen and oxygen atoms in total. The molecule has 56 valence electrons. The summed E-state index contributed by atoms with van der Waals surface area (Å²) in [6, 6.07) is 10.0. The lowest BCUT2D eigenvalue weighted by Gasteiger charge is -1.84. The van der Waals surface area contributed by atoms with E-state index in [4.69, 9.17) is 23.2 Å². The number of benzene rings is 1. The van der Waals surface area contributed by atoms with E-state index in [-0.39, 0.29) is 10.8 Å². The minimum absolute atomic E-state index is 0.0547. The van der Waals surface area contributed by atoms with Crippen molar-refractivity contribution in [3.05, 3.63) is 41.8 Å². The van der Waals surface area contributed by atoms with Gasteiger partial charge in [-0.15, -0.1) is 0 Å². The van der Waals surface area contributed by atoms with Crippen LogP contribution in [0.5, 0.6) is 0 Å². The smallest absolute Gasteiger partial charge is 0.0992 e. The SMILES string of the molecule is ClC1[C+](c2ccccc2)C1Cl. The van der Waals surface area contributed by atoms with Crippen LogP contribution in [0.3, 0.4) is 0 Å². The van der Waals surface area contributed by atoms with E-state index < -0.39 is 0 Å². The molecule has 0 bridgehead atoms. The van der Waals surface area contributed by atoms with E-state index in [2.05, 4.69) is 0 Å². The van der Waals surface area contributed by atoms with E-state index in [0.717, 1.165) is 5.92 Å². The Bertz CT molecular complexity index is 237. The van der Waals surface area contributed by atoms with Crippen molar-refractivity contribution in [2.24, 2.45) is 0 Å². The average molecular weight is 186 g/mol. The van der Waals surface area contributed by atoms with Gasteiger partial charge in [0.1, 0.15) is 16.3 Å². The maximum Gasteiger partial charge on any atom is 0.136 e. The molecule has 0 aromatic heterocycles. The van der Waals surface area contributed by atoms with E-state index in [9.17, 15) is 0 Å². The summed E-state index contributed by atoms with van der Waals surface area (Å²) in [5.41, 5.74) is 1.17. The summed E-state index contributed by atoms with van der Waals surface area (Å²) in [7, 11) is 0. The third-order valence-corrected chi connectivity index (χ3v) is 2.95. The molecule has 0 amide bonds. The standard InChI is InChI=1S/C9H7Cl2/c10-8-7(9(8)11)6-4-2-1-3-5-6/h1-5,8-9H/q+1. The van der Waals surface area contributed by atoms with E-state index in [0.29, 0.717) is 0 Å². The highest BCUT2D eigenvalue weighted by Gasteiger charge is 2.56. The quantitative estimate of drug-likeness (QED) is 0.467. The van der Waals surface area contributed by atoms with Crippen LogP contribution in [-0.4, -0.2) is 10.8 Å². The molecule has 2 atom stereocenters. The van der Waals surface area contributed by atoms with Crippen molar-refractivity contribution in [1.29, 1.82) is 0 Å². The first kappa shape index (κ1) is 7.33. The lowest BCUT2D eigenvalue weighted by atomic mass is 10.1. The molecule has 0 radical (unpaired) electrons. The van der Waals surface area contributed by atoms with Crippen molar-refractivity contribution < 1.29 is 0 Å². The van der Waals surface area contributed by atoms with Gasteiger partial charge < -0.3 is 0 Å². The predicted octanol–water partition coefficient (Wildman–Crippen LogP) is 2.84. The zero-order valence-corrected chi connectivity index (χ0v) is 7.31. The molecule has 2 unspecified atom stereocenters. The van der Waals surface area contributed by atoms with Crippen LogP contribution in [0.2, 0.25) is 0 Å². The molecular weight excluding hydrogens is 179 g/mol. The van der Waals surface area contributed by atoms with Gasteiger partial charge in [0.25, 0.3) is 0 Å². The van der Waals surface area contributed by atoms with E-state index in [1.807, 2.05) is 30.3 Å². The van der Waals surface area contributed by atoms with Crippen LogP contribution in [0.15, 0.2) is 30.3 Å². The molecule has 0 saturated heterocycles. The van der Waals surface area contributed by atoms with Gasteiger partial charge in [0.05, 0.1) is 5.92 Å². The maximum atomic E-state index is 5.87. The van der Waals surface area contributed by atoms with Crippen LogP contribution in [0.25, 0.3) is 0 Å². The number of alkyl halides is 2. The number of rotatable bonds is 1. The fraction of sp³-hybridized carbons (Fsp3) is 0.222. The average Bonchev–Trinajstić information content (AvgIpc) is 2.62. The lowest BCUT2D eigenvalue weighted by Crippen LogP contribution is -1.81. The third kappa shape index (κ3) is 1.21. The lowest BCUT2D eigenvalue weighted by molar-refractivity contribution is 1.41. The van der Waals surface area contributed by atoms with Gasteiger partial charge in [-0.2, -0.15) is 0 Å². The van der Waals surface area contributed by atoms with Gasteiger partial charge in [0, 0.05) is 12.1 Å². The Morgan fingerprint density at radius 2 is 1.55 bits per heavy atom. The van der Waals surface area contributed by atoms with E-state index in [1.54, 1.807) is 0 Å². The highest BCUT2D eigenvalue weighted by molar-refractivity contribution is 6.38. The molecule has 1 aromatic carbocycles. The zero-order valence-electron chi connectivity index (χ0n) is 5.80. The van der Waals surface area contributed by atoms with Gasteiger partial charge in [-0.25, -0.2) is 0 Å². The summed E-state index contributed by atoms with van der Waals surface area (Å²) in [6.07, 6.45) is 0. The summed E-state index contributed by atoms with van der Waals surface area (Å²) < 4.78 is 0. The highest BCUT2D eigenvalue weighted by Crippen LogP contribution is 2.48. The molecule has 2 rings (SSSR count). The fourth-order valence-corrected chi connectivity index (χ4v) is 1.86.